The lowest BCUT2D eigenvalue weighted by molar-refractivity contribution is 1.71. The Bertz CT molecular complexity index is 1880. The largest absolute Gasteiger partial charge is 0.182 e. The van der Waals surface area contributed by atoms with Gasteiger partial charge in [0.2, 0.25) is 0 Å². The normalized spacial score (nSPS) is 11.9. The molecule has 0 spiro atoms. The van der Waals surface area contributed by atoms with Crippen LogP contribution in [0.1, 0.15) is 0 Å². The zero-order valence-electron chi connectivity index (χ0n) is 22.7. The van der Waals surface area contributed by atoms with Crippen LogP contribution in [0.15, 0.2) is 170 Å². The Morgan fingerprint density at radius 1 is 0.220 bits per heavy atom. The van der Waals surface area contributed by atoms with E-state index in [1.54, 1.807) is 0 Å². The molecule has 1 heteroatoms. The molecule has 8 aromatic carbocycles. The maximum Gasteiger partial charge on any atom is 0.182 e. The zero-order valence-corrected chi connectivity index (χ0v) is 23.7. The molecule has 0 aromatic heterocycles. The smallest absolute Gasteiger partial charge is 0.0617 e. The fraction of sp³-hybridized carbons (Fsp3) is 0. The van der Waals surface area contributed by atoms with E-state index >= 15 is 0 Å². The molecule has 0 fully saturated rings. The van der Waals surface area contributed by atoms with Crippen molar-refractivity contribution in [3.63, 3.8) is 0 Å². The van der Waals surface area contributed by atoms with Crippen LogP contribution in [0.5, 0.6) is 0 Å². The topological polar surface area (TPSA) is 0 Å². The van der Waals surface area contributed by atoms with Crippen molar-refractivity contribution < 1.29 is 0 Å². The fourth-order valence-electron chi connectivity index (χ4n) is 7.08. The summed E-state index contributed by atoms with van der Waals surface area (Å²) in [4.78, 5) is 0. The second-order valence-corrected chi connectivity index (χ2v) is 14.5. The average Bonchev–Trinajstić information content (AvgIpc) is 3.05. The van der Waals surface area contributed by atoms with Gasteiger partial charge < -0.3 is 0 Å². The molecule has 0 N–H and O–H groups in total. The summed E-state index contributed by atoms with van der Waals surface area (Å²) < 4.78 is 0. The van der Waals surface area contributed by atoms with E-state index in [9.17, 15) is 0 Å². The molecule has 0 aliphatic heterocycles. The van der Waals surface area contributed by atoms with Gasteiger partial charge in [0.05, 0.1) is 0 Å². The predicted octanol–water partition coefficient (Wildman–Crippen LogP) is 7.68. The van der Waals surface area contributed by atoms with Gasteiger partial charge in [-0.25, -0.2) is 0 Å². The number of hydrogen-bond acceptors (Lipinski definition) is 0. The van der Waals surface area contributed by atoms with E-state index in [0.29, 0.717) is 0 Å². The van der Waals surface area contributed by atoms with Crippen molar-refractivity contribution in [3.05, 3.63) is 170 Å². The summed E-state index contributed by atoms with van der Waals surface area (Å²) in [6.07, 6.45) is 0. The van der Waals surface area contributed by atoms with Crippen molar-refractivity contribution in [2.45, 2.75) is 0 Å². The maximum atomic E-state index is 2.42. The molecule has 0 radical (unpaired) electrons. The molecule has 8 rings (SSSR count). The summed E-state index contributed by atoms with van der Waals surface area (Å²) in [7, 11) is -2.96. The highest BCUT2D eigenvalue weighted by atomic mass is 28.3. The summed E-state index contributed by atoms with van der Waals surface area (Å²) in [6.45, 7) is 0. The minimum Gasteiger partial charge on any atom is -0.0617 e. The Morgan fingerprint density at radius 2 is 0.439 bits per heavy atom. The molecule has 0 aliphatic carbocycles. The molecule has 41 heavy (non-hydrogen) atoms. The maximum absolute atomic E-state index is 2.96. The first-order valence-corrected chi connectivity index (χ1v) is 16.3. The van der Waals surface area contributed by atoms with Gasteiger partial charge in [0.1, 0.15) is 0 Å². The zero-order chi connectivity index (χ0) is 27.2. The van der Waals surface area contributed by atoms with Crippen LogP contribution in [-0.2, 0) is 0 Å². The molecular weight excluding hydrogens is 509 g/mol. The van der Waals surface area contributed by atoms with Gasteiger partial charge in [0.15, 0.2) is 8.07 Å². The van der Waals surface area contributed by atoms with Crippen LogP contribution < -0.4 is 20.7 Å². The van der Waals surface area contributed by atoms with Crippen LogP contribution in [0, 0.1) is 0 Å². The molecule has 0 bridgehead atoms. The van der Waals surface area contributed by atoms with Crippen LogP contribution in [0.2, 0.25) is 0 Å². The highest BCUT2D eigenvalue weighted by Crippen LogP contribution is 2.26. The number of benzene rings is 8. The molecule has 0 unspecified atom stereocenters. The first-order chi connectivity index (χ1) is 20.4. The van der Waals surface area contributed by atoms with Gasteiger partial charge in [-0.2, -0.15) is 0 Å². The first-order valence-electron chi connectivity index (χ1n) is 14.3. The van der Waals surface area contributed by atoms with Crippen molar-refractivity contribution in [1.29, 1.82) is 0 Å². The van der Waals surface area contributed by atoms with Crippen molar-refractivity contribution in [2.75, 3.05) is 0 Å². The molecule has 0 saturated carbocycles. The van der Waals surface area contributed by atoms with E-state index in [2.05, 4.69) is 170 Å². The predicted molar refractivity (Wildman–Crippen MR) is 180 cm³/mol. The van der Waals surface area contributed by atoms with Gasteiger partial charge in [-0.1, -0.05) is 170 Å². The summed E-state index contributed by atoms with van der Waals surface area (Å²) in [5.74, 6) is 0. The molecular formula is C40H28Si. The molecule has 192 valence electrons. The van der Waals surface area contributed by atoms with Crippen molar-refractivity contribution in [1.82, 2.24) is 0 Å². The number of hydrogen-bond donors (Lipinski definition) is 0. The van der Waals surface area contributed by atoms with Crippen molar-refractivity contribution >= 4 is 71.9 Å². The second-order valence-electron chi connectivity index (χ2n) is 10.9. The van der Waals surface area contributed by atoms with Gasteiger partial charge in [-0.15, -0.1) is 0 Å². The lowest BCUT2D eigenvalue weighted by atomic mass is 10.1. The molecule has 0 saturated heterocycles. The minimum atomic E-state index is -2.96. The van der Waals surface area contributed by atoms with Gasteiger partial charge in [-0.05, 0) is 63.8 Å². The average molecular weight is 537 g/mol. The highest BCUT2D eigenvalue weighted by Gasteiger charge is 2.45. The summed E-state index contributed by atoms with van der Waals surface area (Å²) in [6, 6.07) is 63.5. The fourth-order valence-corrected chi connectivity index (χ4v) is 12.7. The van der Waals surface area contributed by atoms with Crippen LogP contribution in [0.3, 0.4) is 0 Å². The second kappa shape index (κ2) is 9.59. The third-order valence-electron chi connectivity index (χ3n) is 8.77. The Morgan fingerprint density at radius 3 is 0.707 bits per heavy atom. The van der Waals surface area contributed by atoms with Crippen LogP contribution in [0.4, 0.5) is 0 Å². The number of rotatable bonds is 4. The van der Waals surface area contributed by atoms with E-state index in [-0.39, 0.29) is 0 Å². The molecule has 0 heterocycles. The lowest BCUT2D eigenvalue weighted by Gasteiger charge is -2.37. The van der Waals surface area contributed by atoms with E-state index in [1.165, 1.54) is 63.8 Å². The van der Waals surface area contributed by atoms with Crippen LogP contribution >= 0.6 is 0 Å². The number of fused-ring (bicyclic) bond motifs is 4. The Balaban J connectivity index is 1.70. The van der Waals surface area contributed by atoms with Crippen LogP contribution in [0.25, 0.3) is 43.1 Å². The third-order valence-corrected chi connectivity index (χ3v) is 13.8. The summed E-state index contributed by atoms with van der Waals surface area (Å²) in [5.41, 5.74) is 0. The quantitative estimate of drug-likeness (QED) is 0.160. The standard InChI is InChI=1S/C40H28Si/c1-5-21-33-29(13-1)17-9-25-37(33)41(38-26-10-18-30-14-2-6-22-34(30)38,39-27-11-19-31-15-3-7-23-35(31)39)40-28-12-20-32-16-4-8-24-36(32)40/h1-28H. The Kier molecular flexibility index (Phi) is 5.58. The van der Waals surface area contributed by atoms with Crippen LogP contribution in [-0.4, -0.2) is 8.07 Å². The SMILES string of the molecule is c1ccc2c([Si](c3cccc4ccccc34)(c3cccc4ccccc34)c3cccc4ccccc34)cccc2c1. The molecule has 0 aliphatic rings. The molecule has 0 atom stereocenters. The van der Waals surface area contributed by atoms with Crippen molar-refractivity contribution in [3.8, 4) is 0 Å². The Hall–Kier alpha value is -4.98. The van der Waals surface area contributed by atoms with Gasteiger partial charge in [-0.3, -0.25) is 0 Å². The van der Waals surface area contributed by atoms with E-state index in [0.717, 1.165) is 0 Å². The van der Waals surface area contributed by atoms with E-state index in [4.69, 9.17) is 0 Å². The minimum absolute atomic E-state index is 1.28. The first kappa shape index (κ1) is 23.9. The molecule has 0 nitrogen and oxygen atoms in total. The third kappa shape index (κ3) is 3.60. The van der Waals surface area contributed by atoms with E-state index in [1.807, 2.05) is 0 Å². The van der Waals surface area contributed by atoms with Gasteiger partial charge >= 0.3 is 0 Å². The highest BCUT2D eigenvalue weighted by molar-refractivity contribution is 7.23. The summed E-state index contributed by atoms with van der Waals surface area (Å²) in [5, 5.41) is 16.2. The van der Waals surface area contributed by atoms with E-state index < -0.39 is 8.07 Å². The lowest BCUT2D eigenvalue weighted by Crippen LogP contribution is -2.75. The monoisotopic (exact) mass is 536 g/mol. The molecule has 0 amide bonds. The Labute approximate surface area is 241 Å². The van der Waals surface area contributed by atoms with Gasteiger partial charge in [0.25, 0.3) is 0 Å². The van der Waals surface area contributed by atoms with Gasteiger partial charge in [0, 0.05) is 0 Å². The summed E-state index contributed by atoms with van der Waals surface area (Å²) >= 11 is 0. The van der Waals surface area contributed by atoms with Crippen molar-refractivity contribution in [2.24, 2.45) is 0 Å². The molecule has 8 aromatic rings.